The standard InChI is InChI=1S/C48H63N13O14S3.C14H28N2O6/c1-27(62)35-23-76-26-39(64)54-32(10-5-6-17-51-41(67)30-14-12-28(13-15-30)16-19-61(74)75)43(69)59-36-24-77-78-25-37(47(73)57-33(44(70)58-35)20-29-8-3-2-4-9-29)60-45(71)34(21-40(65)66)55-38(63)22-53-42(68)31(56-46(36)72)11-7-18-52-48(49)50;1-13(17)11-22-12-14(18)16-4-6-20-8-10-21-9-7-19-5-3-15-2/h2-4,8-9,12-16,19,31-37H,5-7,10-11,17-18,20-26H2,1H3,(H,51,67)(H,53,68)(H,54,64)(H,55,63)(H,56,72)(H,57,73)(H,58,70)(H,59,69)(H,60,71)(H,65,66)(H4,49,50,52);15H,3-12H2,1-2H3,(H,16,18)/b19-16+;/t31-,32-,33-,34-,35-,36-,37-;/m0./s1. The van der Waals surface area contributed by atoms with Crippen LogP contribution >= 0.6 is 33.3 Å². The molecule has 2 aliphatic heterocycles. The maximum absolute atomic E-state index is 14.3. The summed E-state index contributed by atoms with van der Waals surface area (Å²) in [7, 11) is 3.73. The average molecular weight is 1460 g/mol. The SMILES string of the molecule is CC(=O)[C@@H]1CSCC(=O)N[C@@H](CCCCNC(=O)c2ccc(/C=C/[N+](=O)[O-])cc2)C(=O)N[C@H]2CSSC[C@H](NC(=O)[C@H](CC(=O)O)NC(=O)CNC(=O)[C@H](CCCN=C(N)N)NC2=O)C(=O)N[C@@H](Cc2ccccc2)C(=O)N1.CNCCOCCOCCOCCNC(=O)COCC(C)=O. The number of ketones is 2. The molecule has 2 aromatic carbocycles. The number of fused-ring (bicyclic) bond motifs is 5. The van der Waals surface area contributed by atoms with Gasteiger partial charge < -0.3 is 94.0 Å². The van der Waals surface area contributed by atoms with Crippen molar-refractivity contribution < 1.29 is 91.3 Å². The minimum absolute atomic E-state index is 0.0188. The van der Waals surface area contributed by atoms with Crippen LogP contribution in [-0.4, -0.2) is 251 Å². The Labute approximate surface area is 589 Å². The Hall–Kier alpha value is -8.79. The second kappa shape index (κ2) is 49.7. The van der Waals surface area contributed by atoms with Crippen LogP contribution in [0.25, 0.3) is 6.08 Å². The van der Waals surface area contributed by atoms with Crippen molar-refractivity contribution in [2.75, 3.05) is 116 Å². The van der Waals surface area contributed by atoms with Gasteiger partial charge in [-0.25, -0.2) is 0 Å². The Morgan fingerprint density at radius 1 is 0.640 bits per heavy atom. The molecule has 0 saturated carbocycles. The number of guanidine groups is 1. The largest absolute Gasteiger partial charge is 0.481 e. The molecule has 16 N–H and O–H groups in total. The third-order valence-corrected chi connectivity index (χ3v) is 17.3. The number of carboxylic acid groups (broad SMARTS) is 1. The first-order valence-electron chi connectivity index (χ1n) is 31.8. The number of amides is 10. The molecule has 0 radical (unpaired) electrons. The number of hydrogen-bond acceptors (Lipinski definition) is 24. The Morgan fingerprint density at radius 2 is 1.22 bits per heavy atom. The first-order chi connectivity index (χ1) is 47.8. The van der Waals surface area contributed by atoms with Crippen molar-refractivity contribution in [3.63, 3.8) is 0 Å². The number of nitrogens with one attached hydrogen (secondary N) is 11. The topological polar surface area (TPSA) is 519 Å². The molecule has 35 nitrogen and oxygen atoms in total. The van der Waals surface area contributed by atoms with Gasteiger partial charge in [0.15, 0.2) is 17.5 Å². The lowest BCUT2D eigenvalue weighted by atomic mass is 10.0. The van der Waals surface area contributed by atoms with Crippen LogP contribution in [0, 0.1) is 10.1 Å². The maximum Gasteiger partial charge on any atom is 0.305 e. The summed E-state index contributed by atoms with van der Waals surface area (Å²) in [6.45, 7) is 6.15. The molecule has 2 heterocycles. The molecule has 10 amide bonds. The number of aliphatic imine (C=N–C) groups is 1. The number of hydrogen-bond donors (Lipinski definition) is 14. The summed E-state index contributed by atoms with van der Waals surface area (Å²) in [6.07, 6.45) is 1.48. The third kappa shape index (κ3) is 38.0. The molecule has 2 aliphatic rings. The number of carbonyl (C=O) groups is 13. The van der Waals surface area contributed by atoms with E-state index in [1.165, 1.54) is 44.2 Å². The van der Waals surface area contributed by atoms with E-state index in [1.54, 1.807) is 30.3 Å². The molecular weight excluding hydrogens is 1370 g/mol. The van der Waals surface area contributed by atoms with E-state index >= 15 is 0 Å². The quantitative estimate of drug-likeness (QED) is 0.00837. The second-order valence-electron chi connectivity index (χ2n) is 22.2. The van der Waals surface area contributed by atoms with Crippen molar-refractivity contribution in [3.8, 4) is 0 Å². The van der Waals surface area contributed by atoms with Crippen LogP contribution in [0.1, 0.15) is 73.9 Å². The molecule has 2 fully saturated rings. The molecule has 7 atom stereocenters. The van der Waals surface area contributed by atoms with E-state index in [1.807, 2.05) is 7.05 Å². The Bertz CT molecular complexity index is 3080. The lowest BCUT2D eigenvalue weighted by Crippen LogP contribution is -2.59. The fourth-order valence-corrected chi connectivity index (χ4v) is 12.0. The number of thioether (sulfide) groups is 1. The van der Waals surface area contributed by atoms with Crippen LogP contribution in [-0.2, 0) is 82.9 Å². The van der Waals surface area contributed by atoms with Gasteiger partial charge in [0, 0.05) is 61.5 Å². The summed E-state index contributed by atoms with van der Waals surface area (Å²) in [5.74, 6) is -11.3. The summed E-state index contributed by atoms with van der Waals surface area (Å²) in [4.78, 5) is 185. The molecule has 2 bridgehead atoms. The number of nitro groups is 1. The predicted octanol–water partition coefficient (Wildman–Crippen LogP) is -3.18. The number of benzene rings is 2. The van der Waals surface area contributed by atoms with Crippen LogP contribution in [0.5, 0.6) is 0 Å². The summed E-state index contributed by atoms with van der Waals surface area (Å²) < 4.78 is 20.8. The van der Waals surface area contributed by atoms with Crippen molar-refractivity contribution in [1.29, 1.82) is 0 Å². The predicted molar refractivity (Wildman–Crippen MR) is 371 cm³/mol. The number of aliphatic carboxylic acids is 1. The van der Waals surface area contributed by atoms with Crippen molar-refractivity contribution in [1.82, 2.24) is 58.5 Å². The first kappa shape index (κ1) is 85.4. The summed E-state index contributed by atoms with van der Waals surface area (Å²) >= 11 is 0.947. The van der Waals surface area contributed by atoms with E-state index in [9.17, 15) is 77.5 Å². The minimum Gasteiger partial charge on any atom is -0.481 e. The van der Waals surface area contributed by atoms with Crippen molar-refractivity contribution in [3.05, 3.63) is 87.6 Å². The fraction of sp³-hybridized carbons (Fsp3) is 0.548. The van der Waals surface area contributed by atoms with Crippen LogP contribution < -0.4 is 70.0 Å². The molecule has 2 saturated heterocycles. The Kier molecular flexibility index (Phi) is 42.4. The van der Waals surface area contributed by atoms with Crippen molar-refractivity contribution in [2.45, 2.75) is 101 Å². The number of nitrogens with zero attached hydrogens (tertiary/aromatic N) is 2. The van der Waals surface area contributed by atoms with E-state index in [4.69, 9.17) is 30.4 Å². The van der Waals surface area contributed by atoms with Crippen LogP contribution in [0.3, 0.4) is 0 Å². The average Bonchev–Trinajstić information content (AvgIpc) is 1.18. The van der Waals surface area contributed by atoms with Gasteiger partial charge >= 0.3 is 5.97 Å². The molecule has 0 aliphatic carbocycles. The van der Waals surface area contributed by atoms with E-state index in [2.05, 4.69) is 63.5 Å². The van der Waals surface area contributed by atoms with Gasteiger partial charge in [-0.3, -0.25) is 77.4 Å². The molecule has 4 rings (SSSR count). The van der Waals surface area contributed by atoms with Crippen LogP contribution in [0.4, 0.5) is 0 Å². The van der Waals surface area contributed by atoms with E-state index in [0.717, 1.165) is 46.1 Å². The lowest BCUT2D eigenvalue weighted by molar-refractivity contribution is -0.400. The highest BCUT2D eigenvalue weighted by Crippen LogP contribution is 2.24. The van der Waals surface area contributed by atoms with Gasteiger partial charge in [0.25, 0.3) is 5.91 Å². The lowest BCUT2D eigenvalue weighted by Gasteiger charge is -2.27. The van der Waals surface area contributed by atoms with Gasteiger partial charge in [-0.05, 0) is 76.3 Å². The number of likely N-dealkylation sites (N-methyl/N-ethyl adjacent to an activating group) is 1. The van der Waals surface area contributed by atoms with Gasteiger partial charge in [-0.2, -0.15) is 0 Å². The van der Waals surface area contributed by atoms with E-state index in [-0.39, 0.29) is 105 Å². The molecule has 100 heavy (non-hydrogen) atoms. The van der Waals surface area contributed by atoms with E-state index < -0.39 is 125 Å². The smallest absolute Gasteiger partial charge is 0.305 e. The van der Waals surface area contributed by atoms with Gasteiger partial charge in [0.05, 0.1) is 69.3 Å². The normalized spacial score (nSPS) is 20.1. The molecule has 0 unspecified atom stereocenters. The summed E-state index contributed by atoms with van der Waals surface area (Å²) in [6, 6.07) is 4.47. The highest BCUT2D eigenvalue weighted by Gasteiger charge is 2.35. The number of Topliss-reactive ketones (excluding diaryl/α,β-unsaturated/α-hetero) is 2. The minimum atomic E-state index is -1.79. The molecular formula is C62H91N15O20S3. The highest BCUT2D eigenvalue weighted by molar-refractivity contribution is 8.76. The van der Waals surface area contributed by atoms with Gasteiger partial charge in [-0.15, -0.1) is 11.8 Å². The van der Waals surface area contributed by atoms with E-state index in [0.29, 0.717) is 63.7 Å². The van der Waals surface area contributed by atoms with Gasteiger partial charge in [0.2, 0.25) is 59.4 Å². The number of nitrogens with two attached hydrogens (primary N) is 2. The maximum atomic E-state index is 14.3. The van der Waals surface area contributed by atoms with Crippen LogP contribution in [0.15, 0.2) is 65.8 Å². The number of carboxylic acids is 1. The number of rotatable bonds is 33. The second-order valence-corrected chi connectivity index (χ2v) is 25.7. The van der Waals surface area contributed by atoms with Crippen molar-refractivity contribution >= 4 is 122 Å². The first-order valence-corrected chi connectivity index (χ1v) is 35.4. The van der Waals surface area contributed by atoms with Gasteiger partial charge in [-0.1, -0.05) is 64.1 Å². The van der Waals surface area contributed by atoms with Crippen LogP contribution in [0.2, 0.25) is 0 Å². The zero-order chi connectivity index (χ0) is 73.6. The van der Waals surface area contributed by atoms with Crippen molar-refractivity contribution in [2.24, 2.45) is 16.5 Å². The molecule has 38 heteroatoms. The molecule has 2 aromatic rings. The Balaban J connectivity index is 0.00000101. The number of unbranched alkanes of at least 4 members (excludes halogenated alkanes) is 1. The monoisotopic (exact) mass is 1460 g/mol. The zero-order valence-electron chi connectivity index (χ0n) is 55.8. The summed E-state index contributed by atoms with van der Waals surface area (Å²) in [5, 5.41) is 49.1. The molecule has 552 valence electrons. The number of ether oxygens (including phenoxy) is 4. The summed E-state index contributed by atoms with van der Waals surface area (Å²) in [5.41, 5.74) is 12.3. The highest BCUT2D eigenvalue weighted by atomic mass is 33.1. The zero-order valence-corrected chi connectivity index (χ0v) is 58.3. The fourth-order valence-electron chi connectivity index (χ4n) is 8.73. The Morgan fingerprint density at radius 3 is 1.82 bits per heavy atom. The van der Waals surface area contributed by atoms with Gasteiger partial charge in [0.1, 0.15) is 49.5 Å². The third-order valence-electron chi connectivity index (χ3n) is 13.9. The molecule has 0 aromatic heterocycles. The number of carbonyl (C=O) groups excluding carboxylic acids is 12. The molecule has 0 spiro atoms.